The number of hydrogen-bond acceptors (Lipinski definition) is 7. The predicted molar refractivity (Wildman–Crippen MR) is 163 cm³/mol. The summed E-state index contributed by atoms with van der Waals surface area (Å²) in [5.41, 5.74) is -0.159. The molecule has 4 aromatic rings. The van der Waals surface area contributed by atoms with E-state index in [1.807, 2.05) is 6.92 Å². The highest BCUT2D eigenvalue weighted by molar-refractivity contribution is 6.05. The summed E-state index contributed by atoms with van der Waals surface area (Å²) in [5.74, 6) is -2.16. The van der Waals surface area contributed by atoms with E-state index in [-0.39, 0.29) is 48.1 Å². The number of halogens is 2. The molecule has 0 unspecified atom stereocenters. The molecule has 14 heteroatoms. The zero-order valence-corrected chi connectivity index (χ0v) is 25.2. The first-order chi connectivity index (χ1) is 21.7. The fourth-order valence-corrected chi connectivity index (χ4v) is 5.42. The smallest absolute Gasteiger partial charge is 0.332 e. The summed E-state index contributed by atoms with van der Waals surface area (Å²) in [7, 11) is 1.49. The molecule has 0 spiro atoms. The van der Waals surface area contributed by atoms with Crippen LogP contribution in [0.4, 0.5) is 14.6 Å². The molecule has 1 aliphatic heterocycles. The van der Waals surface area contributed by atoms with Crippen LogP contribution >= 0.6 is 0 Å². The highest BCUT2D eigenvalue weighted by atomic mass is 19.2. The second-order valence-corrected chi connectivity index (χ2v) is 10.9. The largest absolute Gasteiger partial charge is 0.383 e. The van der Waals surface area contributed by atoms with Crippen LogP contribution in [0, 0.1) is 11.6 Å². The highest BCUT2D eigenvalue weighted by Crippen LogP contribution is 2.23. The lowest BCUT2D eigenvalue weighted by atomic mass is 10.1. The summed E-state index contributed by atoms with van der Waals surface area (Å²) in [6, 6.07) is 6.19. The molecule has 3 aromatic heterocycles. The molecule has 1 N–H and O–H groups in total. The number of pyridine rings is 1. The number of imidazole rings is 1. The van der Waals surface area contributed by atoms with Crippen molar-refractivity contribution in [1.29, 1.82) is 0 Å². The number of amides is 2. The number of likely N-dealkylation sites (tertiary alicyclic amines) is 1. The molecule has 1 fully saturated rings. The number of rotatable bonds is 12. The van der Waals surface area contributed by atoms with E-state index in [2.05, 4.69) is 15.0 Å². The minimum absolute atomic E-state index is 0.0512. The molecule has 2 amide bonds. The number of carbonyl (C=O) groups is 2. The average Bonchev–Trinajstić information content (AvgIpc) is 3.49. The van der Waals surface area contributed by atoms with E-state index in [1.165, 1.54) is 28.8 Å². The second-order valence-electron chi connectivity index (χ2n) is 10.9. The van der Waals surface area contributed by atoms with Gasteiger partial charge in [0.15, 0.2) is 17.3 Å². The maximum absolute atomic E-state index is 14.0. The van der Waals surface area contributed by atoms with Crippen molar-refractivity contribution in [3.63, 3.8) is 0 Å². The molecule has 4 heterocycles. The lowest BCUT2D eigenvalue weighted by Gasteiger charge is -2.28. The van der Waals surface area contributed by atoms with Gasteiger partial charge in [0.05, 0.1) is 13.2 Å². The van der Waals surface area contributed by atoms with E-state index in [9.17, 15) is 28.0 Å². The van der Waals surface area contributed by atoms with E-state index < -0.39 is 28.8 Å². The second kappa shape index (κ2) is 13.9. The molecule has 12 nitrogen and oxygen atoms in total. The Balaban J connectivity index is 1.46. The summed E-state index contributed by atoms with van der Waals surface area (Å²) in [5, 5.41) is 0. The number of carbonyl (C=O) groups excluding carboxylic acids is 2. The zero-order valence-electron chi connectivity index (χ0n) is 25.2. The summed E-state index contributed by atoms with van der Waals surface area (Å²) < 4.78 is 35.3. The fourth-order valence-electron chi connectivity index (χ4n) is 5.42. The van der Waals surface area contributed by atoms with Crippen molar-refractivity contribution in [1.82, 2.24) is 29.0 Å². The molecule has 0 atom stereocenters. The van der Waals surface area contributed by atoms with Gasteiger partial charge in [-0.2, -0.15) is 0 Å². The molecule has 238 valence electrons. The number of ether oxygens (including phenoxy) is 1. The van der Waals surface area contributed by atoms with Crippen LogP contribution in [0.5, 0.6) is 0 Å². The first-order valence-electron chi connectivity index (χ1n) is 15.0. The van der Waals surface area contributed by atoms with Gasteiger partial charge >= 0.3 is 5.69 Å². The maximum atomic E-state index is 14.0. The van der Waals surface area contributed by atoms with Crippen molar-refractivity contribution in [3.8, 4) is 11.4 Å². The number of anilines is 1. The van der Waals surface area contributed by atoms with Gasteiger partial charge < -0.3 is 14.6 Å². The Hall–Kier alpha value is -4.72. The van der Waals surface area contributed by atoms with Gasteiger partial charge in [0.25, 0.3) is 11.5 Å². The number of hydrogen-bond donors (Lipinski definition) is 1. The SMILES string of the molecule is CCCn1c(=O)n(CCOC)c(=O)c2[nH]c(-c3ccc(N(CCCN4CCCCC4=O)C(=O)c4ccc(F)c(F)c4)nc3)nc21. The van der Waals surface area contributed by atoms with Crippen LogP contribution < -0.4 is 16.1 Å². The summed E-state index contributed by atoms with van der Waals surface area (Å²) >= 11 is 0. The third kappa shape index (κ3) is 6.70. The first kappa shape index (κ1) is 31.7. The zero-order chi connectivity index (χ0) is 32.1. The Kier molecular flexibility index (Phi) is 9.81. The molecule has 0 radical (unpaired) electrons. The van der Waals surface area contributed by atoms with Crippen LogP contribution in [0.3, 0.4) is 0 Å². The first-order valence-corrected chi connectivity index (χ1v) is 15.0. The minimum atomic E-state index is -1.14. The Morgan fingerprint density at radius 2 is 1.87 bits per heavy atom. The number of fused-ring (bicyclic) bond motifs is 1. The Labute approximate surface area is 257 Å². The predicted octanol–water partition coefficient (Wildman–Crippen LogP) is 3.33. The van der Waals surface area contributed by atoms with Crippen LogP contribution in [0.2, 0.25) is 0 Å². The number of benzene rings is 1. The van der Waals surface area contributed by atoms with Crippen LogP contribution in [-0.4, -0.2) is 74.2 Å². The van der Waals surface area contributed by atoms with Crippen molar-refractivity contribution in [3.05, 3.63) is 74.6 Å². The third-order valence-corrected chi connectivity index (χ3v) is 7.77. The molecule has 45 heavy (non-hydrogen) atoms. The molecule has 0 saturated carbocycles. The topological polar surface area (TPSA) is 135 Å². The van der Waals surface area contributed by atoms with Gasteiger partial charge in [-0.3, -0.25) is 28.4 Å². The molecule has 1 aromatic carbocycles. The maximum Gasteiger partial charge on any atom is 0.332 e. The Bertz CT molecular complexity index is 1820. The number of aryl methyl sites for hydroxylation is 1. The van der Waals surface area contributed by atoms with Crippen molar-refractivity contribution in [2.45, 2.75) is 52.1 Å². The number of nitrogens with zero attached hydrogens (tertiary/aromatic N) is 6. The number of methoxy groups -OCH3 is 1. The van der Waals surface area contributed by atoms with E-state index in [4.69, 9.17) is 4.74 Å². The van der Waals surface area contributed by atoms with Crippen LogP contribution in [0.25, 0.3) is 22.6 Å². The lowest BCUT2D eigenvalue weighted by Crippen LogP contribution is -2.41. The molecular weight excluding hydrogens is 588 g/mol. The summed E-state index contributed by atoms with van der Waals surface area (Å²) in [6.07, 6.45) is 4.83. The highest BCUT2D eigenvalue weighted by Gasteiger charge is 2.23. The molecule has 0 bridgehead atoms. The minimum Gasteiger partial charge on any atom is -0.383 e. The standard InChI is InChI=1S/C31H35F2N7O5/c1-3-12-39-28-26(30(43)40(31(39)44)16-17-45-2)35-27(36-28)21-9-11-24(34-19-21)38(15-6-14-37-13-5-4-7-25(37)41)29(42)20-8-10-22(32)23(33)18-20/h8-11,18-19H,3-7,12-17H2,1-2H3,(H,35,36). The summed E-state index contributed by atoms with van der Waals surface area (Å²) in [6.45, 7) is 3.82. The van der Waals surface area contributed by atoms with Crippen LogP contribution in [0.15, 0.2) is 46.1 Å². The third-order valence-electron chi connectivity index (χ3n) is 7.77. The average molecular weight is 624 g/mol. The van der Waals surface area contributed by atoms with E-state index >= 15 is 0 Å². The van der Waals surface area contributed by atoms with Crippen molar-refractivity contribution in [2.75, 3.05) is 38.3 Å². The van der Waals surface area contributed by atoms with Crippen molar-refractivity contribution >= 4 is 28.8 Å². The monoisotopic (exact) mass is 623 g/mol. The quantitative estimate of drug-likeness (QED) is 0.256. The number of H-pyrrole nitrogens is 1. The van der Waals surface area contributed by atoms with Gasteiger partial charge in [0.2, 0.25) is 5.91 Å². The molecule has 5 rings (SSSR count). The molecule has 0 aliphatic carbocycles. The van der Waals surface area contributed by atoms with Crippen LogP contribution in [0.1, 0.15) is 49.4 Å². The van der Waals surface area contributed by atoms with Gasteiger partial charge in [-0.05, 0) is 56.0 Å². The van der Waals surface area contributed by atoms with Crippen LogP contribution in [-0.2, 0) is 22.6 Å². The van der Waals surface area contributed by atoms with E-state index in [0.29, 0.717) is 50.3 Å². The number of nitrogens with one attached hydrogen (secondary N) is 1. The Morgan fingerprint density at radius 1 is 1.04 bits per heavy atom. The molecule has 1 saturated heterocycles. The van der Waals surface area contributed by atoms with Gasteiger partial charge in [-0.1, -0.05) is 6.92 Å². The summed E-state index contributed by atoms with van der Waals surface area (Å²) in [4.78, 5) is 67.2. The lowest BCUT2D eigenvalue weighted by molar-refractivity contribution is -0.133. The van der Waals surface area contributed by atoms with Crippen molar-refractivity contribution in [2.24, 2.45) is 0 Å². The van der Waals surface area contributed by atoms with Gasteiger partial charge in [0.1, 0.15) is 17.2 Å². The molecule has 1 aliphatic rings. The fraction of sp³-hybridized carbons (Fsp3) is 0.419. The number of aromatic amines is 1. The number of aromatic nitrogens is 5. The molecular formula is C31H35F2N7O5. The van der Waals surface area contributed by atoms with E-state index in [1.54, 1.807) is 17.0 Å². The van der Waals surface area contributed by atoms with Gasteiger partial charge in [-0.15, -0.1) is 0 Å². The van der Waals surface area contributed by atoms with E-state index in [0.717, 1.165) is 29.5 Å². The van der Waals surface area contributed by atoms with Gasteiger partial charge in [-0.25, -0.2) is 23.5 Å². The Morgan fingerprint density at radius 3 is 2.56 bits per heavy atom. The van der Waals surface area contributed by atoms with Gasteiger partial charge in [0, 0.05) is 57.0 Å². The normalized spacial score (nSPS) is 13.5. The number of piperidine rings is 1. The van der Waals surface area contributed by atoms with Crippen molar-refractivity contribution < 1.29 is 23.1 Å².